The molecule has 2 bridgehead atoms. The monoisotopic (exact) mass is 393 g/mol. The summed E-state index contributed by atoms with van der Waals surface area (Å²) in [5.41, 5.74) is 4.10. The summed E-state index contributed by atoms with van der Waals surface area (Å²) in [6, 6.07) is 22.1. The van der Waals surface area contributed by atoms with Crippen molar-refractivity contribution in [3.8, 4) is 0 Å². The van der Waals surface area contributed by atoms with E-state index in [2.05, 4.69) is 81.7 Å². The predicted octanol–water partition coefficient (Wildman–Crippen LogP) is 5.67. The molecule has 126 valence electrons. The Morgan fingerprint density at radius 1 is 1.00 bits per heavy atom. The third-order valence-electron chi connectivity index (χ3n) is 5.45. The lowest BCUT2D eigenvalue weighted by Gasteiger charge is -2.31. The molecule has 0 spiro atoms. The van der Waals surface area contributed by atoms with E-state index < -0.39 is 0 Å². The third kappa shape index (κ3) is 2.66. The van der Waals surface area contributed by atoms with Crippen molar-refractivity contribution in [1.29, 1.82) is 0 Å². The summed E-state index contributed by atoms with van der Waals surface area (Å²) in [5, 5.41) is 4.77. The molecule has 2 aliphatic heterocycles. The zero-order valence-corrected chi connectivity index (χ0v) is 15.6. The van der Waals surface area contributed by atoms with Crippen LogP contribution in [0.3, 0.4) is 0 Å². The normalized spacial score (nSPS) is 21.6. The van der Waals surface area contributed by atoms with Gasteiger partial charge in [0.05, 0.1) is 17.8 Å². The molecule has 25 heavy (non-hydrogen) atoms. The number of hydrogen-bond acceptors (Lipinski definition) is 2. The quantitative estimate of drug-likeness (QED) is 0.568. The molecule has 0 amide bonds. The van der Waals surface area contributed by atoms with Crippen LogP contribution in [0.2, 0.25) is 0 Å². The summed E-state index contributed by atoms with van der Waals surface area (Å²) in [4.78, 5) is 6.29. The fraction of sp³-hybridized carbons (Fsp3) is 0.273. The van der Waals surface area contributed by atoms with E-state index in [0.717, 1.165) is 25.7 Å². The molecule has 1 fully saturated rings. The Hall–Kier alpha value is -1.84. The maximum absolute atomic E-state index is 6.29. The van der Waals surface area contributed by atoms with Crippen LogP contribution in [0.15, 0.2) is 65.1 Å². The molecule has 1 saturated heterocycles. The molecule has 0 aliphatic carbocycles. The fourth-order valence-corrected chi connectivity index (χ4v) is 4.91. The van der Waals surface area contributed by atoms with Crippen LogP contribution in [0, 0.1) is 0 Å². The van der Waals surface area contributed by atoms with Gasteiger partial charge in [-0.2, -0.15) is 0 Å². The zero-order chi connectivity index (χ0) is 16.8. The number of nitrogens with zero attached hydrogens (tertiary/aromatic N) is 1. The first-order valence-electron chi connectivity index (χ1n) is 8.99. The fourth-order valence-electron chi connectivity index (χ4n) is 4.29. The molecule has 0 radical (unpaired) electrons. The number of aryl methyl sites for hydroxylation is 1. The van der Waals surface area contributed by atoms with Crippen LogP contribution in [-0.2, 0) is 17.7 Å². The van der Waals surface area contributed by atoms with Crippen molar-refractivity contribution in [2.75, 3.05) is 5.06 Å². The van der Waals surface area contributed by atoms with Gasteiger partial charge in [0.15, 0.2) is 0 Å². The predicted molar refractivity (Wildman–Crippen MR) is 106 cm³/mol. The lowest BCUT2D eigenvalue weighted by atomic mass is 9.99. The minimum absolute atomic E-state index is 0.321. The van der Waals surface area contributed by atoms with Crippen molar-refractivity contribution in [2.45, 2.75) is 37.8 Å². The highest BCUT2D eigenvalue weighted by Gasteiger charge is 2.40. The van der Waals surface area contributed by atoms with Gasteiger partial charge in [-0.15, -0.1) is 0 Å². The molecule has 2 nitrogen and oxygen atoms in total. The first-order valence-corrected chi connectivity index (χ1v) is 9.79. The molecule has 3 aromatic rings. The van der Waals surface area contributed by atoms with Gasteiger partial charge in [0, 0.05) is 16.3 Å². The molecule has 0 aromatic heterocycles. The maximum atomic E-state index is 6.29. The number of hydrogen-bond donors (Lipinski definition) is 0. The van der Waals surface area contributed by atoms with Crippen molar-refractivity contribution in [1.82, 2.24) is 0 Å². The van der Waals surface area contributed by atoms with Crippen LogP contribution in [-0.4, -0.2) is 12.1 Å². The number of fused-ring (bicyclic) bond motifs is 6. The highest BCUT2D eigenvalue weighted by atomic mass is 79.9. The van der Waals surface area contributed by atoms with Gasteiger partial charge in [-0.25, -0.2) is 5.06 Å². The minimum atomic E-state index is 0.321. The van der Waals surface area contributed by atoms with E-state index in [1.165, 1.54) is 32.1 Å². The molecule has 2 unspecified atom stereocenters. The van der Waals surface area contributed by atoms with E-state index in [1.54, 1.807) is 0 Å². The summed E-state index contributed by atoms with van der Waals surface area (Å²) in [6.45, 7) is 0. The van der Waals surface area contributed by atoms with Gasteiger partial charge in [-0.05, 0) is 41.8 Å². The molecule has 0 N–H and O–H groups in total. The van der Waals surface area contributed by atoms with Crippen LogP contribution in [0.1, 0.15) is 24.0 Å². The smallest absolute Gasteiger partial charge is 0.0918 e. The van der Waals surface area contributed by atoms with Gasteiger partial charge >= 0.3 is 0 Å². The molecule has 3 heteroatoms. The number of halogens is 1. The number of rotatable bonds is 3. The van der Waals surface area contributed by atoms with E-state index >= 15 is 0 Å². The molecule has 2 atom stereocenters. The van der Waals surface area contributed by atoms with Gasteiger partial charge in [-0.3, -0.25) is 4.84 Å². The zero-order valence-electron chi connectivity index (χ0n) is 14.0. The Labute approximate surface area is 156 Å². The molecule has 5 rings (SSSR count). The van der Waals surface area contributed by atoms with E-state index in [1.807, 2.05) is 0 Å². The Morgan fingerprint density at radius 2 is 1.76 bits per heavy atom. The molecule has 2 aliphatic rings. The maximum Gasteiger partial charge on any atom is 0.0918 e. The SMILES string of the molecule is Brc1cc2c(c3ccccc13)N1OC(C2)CC1CCc1ccccc1. The second kappa shape index (κ2) is 6.15. The van der Waals surface area contributed by atoms with Crippen LogP contribution < -0.4 is 5.06 Å². The van der Waals surface area contributed by atoms with Crippen molar-refractivity contribution in [3.63, 3.8) is 0 Å². The average Bonchev–Trinajstić information content (AvgIpc) is 2.97. The second-order valence-electron chi connectivity index (χ2n) is 7.08. The number of anilines is 1. The summed E-state index contributed by atoms with van der Waals surface area (Å²) in [6.07, 6.45) is 4.68. The van der Waals surface area contributed by atoms with Crippen molar-refractivity contribution in [3.05, 3.63) is 76.3 Å². The van der Waals surface area contributed by atoms with E-state index in [4.69, 9.17) is 4.84 Å². The molecule has 2 heterocycles. The van der Waals surface area contributed by atoms with Gasteiger partial charge in [0.1, 0.15) is 0 Å². The van der Waals surface area contributed by atoms with Crippen LogP contribution in [0.25, 0.3) is 10.8 Å². The van der Waals surface area contributed by atoms with Crippen molar-refractivity contribution >= 4 is 32.4 Å². The molecule has 3 aromatic carbocycles. The van der Waals surface area contributed by atoms with Gasteiger partial charge in [-0.1, -0.05) is 70.5 Å². The van der Waals surface area contributed by atoms with Crippen LogP contribution in [0.5, 0.6) is 0 Å². The van der Waals surface area contributed by atoms with Gasteiger partial charge < -0.3 is 0 Å². The molecular formula is C22H20BrNO. The summed E-state index contributed by atoms with van der Waals surface area (Å²) < 4.78 is 1.19. The first kappa shape index (κ1) is 15.4. The largest absolute Gasteiger partial charge is 0.269 e. The van der Waals surface area contributed by atoms with E-state index in [0.29, 0.717) is 12.1 Å². The van der Waals surface area contributed by atoms with Crippen LogP contribution in [0.4, 0.5) is 5.69 Å². The summed E-state index contributed by atoms with van der Waals surface area (Å²) in [5.74, 6) is 0. The average molecular weight is 394 g/mol. The van der Waals surface area contributed by atoms with Crippen LogP contribution >= 0.6 is 15.9 Å². The highest BCUT2D eigenvalue weighted by molar-refractivity contribution is 9.10. The van der Waals surface area contributed by atoms with Crippen molar-refractivity contribution < 1.29 is 4.84 Å². The second-order valence-corrected chi connectivity index (χ2v) is 7.94. The lowest BCUT2D eigenvalue weighted by molar-refractivity contribution is 0.0737. The Morgan fingerprint density at radius 3 is 2.60 bits per heavy atom. The minimum Gasteiger partial charge on any atom is -0.269 e. The molecular weight excluding hydrogens is 374 g/mol. The van der Waals surface area contributed by atoms with Crippen molar-refractivity contribution in [2.24, 2.45) is 0 Å². The Bertz CT molecular complexity index is 924. The first-order chi connectivity index (χ1) is 12.3. The number of benzene rings is 3. The Balaban J connectivity index is 1.50. The molecule has 0 saturated carbocycles. The topological polar surface area (TPSA) is 12.5 Å². The third-order valence-corrected chi connectivity index (χ3v) is 6.11. The van der Waals surface area contributed by atoms with E-state index in [-0.39, 0.29) is 0 Å². The van der Waals surface area contributed by atoms with Gasteiger partial charge in [0.25, 0.3) is 0 Å². The summed E-state index contributed by atoms with van der Waals surface area (Å²) >= 11 is 3.75. The van der Waals surface area contributed by atoms with Gasteiger partial charge in [0.2, 0.25) is 0 Å². The Kier molecular flexibility index (Phi) is 3.79. The number of hydroxylamine groups is 1. The standard InChI is InChI=1S/C22H20BrNO/c23-21-13-16-12-18-14-17(11-10-15-6-2-1-3-7-15)24(25-18)22(16)20-9-5-4-8-19(20)21/h1-9,13,17-18H,10-12,14H2. The van der Waals surface area contributed by atoms with E-state index in [9.17, 15) is 0 Å². The lowest BCUT2D eigenvalue weighted by Crippen LogP contribution is -2.32. The highest BCUT2D eigenvalue weighted by Crippen LogP contribution is 2.45. The summed E-state index contributed by atoms with van der Waals surface area (Å²) in [7, 11) is 0.